The van der Waals surface area contributed by atoms with Crippen LogP contribution in [0.2, 0.25) is 0 Å². The highest BCUT2D eigenvalue weighted by atomic mass is 32.1. The average molecular weight is 276 g/mol. The maximum atomic E-state index is 5.39. The van der Waals surface area contributed by atoms with Crippen LogP contribution in [0.5, 0.6) is 0 Å². The lowest BCUT2D eigenvalue weighted by atomic mass is 9.89. The summed E-state index contributed by atoms with van der Waals surface area (Å²) in [5, 5.41) is 2.13. The Balaban J connectivity index is 1.80. The van der Waals surface area contributed by atoms with Gasteiger partial charge in [-0.15, -0.1) is 11.3 Å². The minimum Gasteiger partial charge on any atom is -0.320 e. The van der Waals surface area contributed by atoms with Crippen LogP contribution in [0.4, 0.5) is 0 Å². The zero-order chi connectivity index (χ0) is 13.5. The van der Waals surface area contributed by atoms with E-state index >= 15 is 0 Å². The Morgan fingerprint density at radius 3 is 2.89 bits per heavy atom. The molecule has 2 nitrogen and oxygen atoms in total. The van der Waals surface area contributed by atoms with E-state index in [1.807, 2.05) is 0 Å². The third-order valence-electron chi connectivity index (χ3n) is 3.71. The van der Waals surface area contributed by atoms with Gasteiger partial charge < -0.3 is 10.6 Å². The Morgan fingerprint density at radius 2 is 2.16 bits per heavy atom. The van der Waals surface area contributed by atoms with Crippen molar-refractivity contribution in [2.75, 3.05) is 20.1 Å². The van der Waals surface area contributed by atoms with Crippen molar-refractivity contribution in [2.24, 2.45) is 11.7 Å². The van der Waals surface area contributed by atoms with Gasteiger partial charge in [0.2, 0.25) is 0 Å². The molecule has 1 aliphatic rings. The fourth-order valence-electron chi connectivity index (χ4n) is 2.82. The standard InChI is InChI=1S/C16H24N2S/c1-18(11-14-6-3-2-4-7-14)12-16-10-15(13-19-16)8-5-9-17/h10,13-14H,2-4,6-7,9,11-12,17H2,1H3. The fraction of sp³-hybridized carbons (Fsp3) is 0.625. The van der Waals surface area contributed by atoms with Gasteiger partial charge in [-0.1, -0.05) is 31.1 Å². The predicted molar refractivity (Wildman–Crippen MR) is 83.2 cm³/mol. The molecular weight excluding hydrogens is 252 g/mol. The second-order valence-electron chi connectivity index (χ2n) is 5.51. The molecule has 2 rings (SSSR count). The van der Waals surface area contributed by atoms with Gasteiger partial charge >= 0.3 is 0 Å². The first kappa shape index (κ1) is 14.6. The second-order valence-corrected chi connectivity index (χ2v) is 6.50. The molecule has 0 bridgehead atoms. The minimum absolute atomic E-state index is 0.437. The Bertz CT molecular complexity index is 435. The van der Waals surface area contributed by atoms with Crippen LogP contribution < -0.4 is 5.73 Å². The molecule has 2 N–H and O–H groups in total. The molecule has 104 valence electrons. The molecule has 3 heteroatoms. The van der Waals surface area contributed by atoms with E-state index in [2.05, 4.69) is 35.2 Å². The number of thiophene rings is 1. The van der Waals surface area contributed by atoms with Gasteiger partial charge in [0.25, 0.3) is 0 Å². The Labute approximate surface area is 121 Å². The van der Waals surface area contributed by atoms with Gasteiger partial charge in [0.1, 0.15) is 0 Å². The quantitative estimate of drug-likeness (QED) is 0.856. The monoisotopic (exact) mass is 276 g/mol. The van der Waals surface area contributed by atoms with Crippen LogP contribution in [0, 0.1) is 17.8 Å². The zero-order valence-electron chi connectivity index (χ0n) is 11.8. The molecule has 0 aliphatic heterocycles. The molecule has 1 heterocycles. The molecule has 19 heavy (non-hydrogen) atoms. The first-order chi connectivity index (χ1) is 9.28. The number of rotatable bonds is 4. The summed E-state index contributed by atoms with van der Waals surface area (Å²) in [6.07, 6.45) is 7.13. The van der Waals surface area contributed by atoms with E-state index in [0.29, 0.717) is 6.54 Å². The van der Waals surface area contributed by atoms with Crippen molar-refractivity contribution in [3.05, 3.63) is 21.9 Å². The molecule has 1 saturated carbocycles. The first-order valence-electron chi connectivity index (χ1n) is 7.23. The van der Waals surface area contributed by atoms with Crippen molar-refractivity contribution in [2.45, 2.75) is 38.6 Å². The van der Waals surface area contributed by atoms with Gasteiger partial charge in [0.15, 0.2) is 0 Å². The van der Waals surface area contributed by atoms with Gasteiger partial charge in [0, 0.05) is 28.9 Å². The van der Waals surface area contributed by atoms with Crippen LogP contribution in [0.3, 0.4) is 0 Å². The normalized spacial score (nSPS) is 16.4. The van der Waals surface area contributed by atoms with Gasteiger partial charge in [-0.25, -0.2) is 0 Å². The maximum Gasteiger partial charge on any atom is 0.0555 e. The Kier molecular flexibility index (Phi) is 5.91. The van der Waals surface area contributed by atoms with E-state index in [0.717, 1.165) is 18.0 Å². The molecule has 0 saturated heterocycles. The molecule has 0 unspecified atom stereocenters. The lowest BCUT2D eigenvalue weighted by Gasteiger charge is -2.26. The van der Waals surface area contributed by atoms with Gasteiger partial charge in [-0.05, 0) is 31.9 Å². The highest BCUT2D eigenvalue weighted by Gasteiger charge is 2.15. The summed E-state index contributed by atoms with van der Waals surface area (Å²) in [7, 11) is 2.24. The van der Waals surface area contributed by atoms with Crippen LogP contribution in [0.15, 0.2) is 11.4 Å². The summed E-state index contributed by atoms with van der Waals surface area (Å²) in [6, 6.07) is 2.20. The lowest BCUT2D eigenvalue weighted by molar-refractivity contribution is 0.229. The summed E-state index contributed by atoms with van der Waals surface area (Å²) < 4.78 is 0. The van der Waals surface area contributed by atoms with Crippen molar-refractivity contribution in [1.82, 2.24) is 4.90 Å². The van der Waals surface area contributed by atoms with Crippen molar-refractivity contribution < 1.29 is 0 Å². The van der Waals surface area contributed by atoms with E-state index in [1.165, 1.54) is 43.5 Å². The molecule has 0 radical (unpaired) electrons. The molecule has 1 fully saturated rings. The third-order valence-corrected chi connectivity index (χ3v) is 4.63. The van der Waals surface area contributed by atoms with Gasteiger partial charge in [0.05, 0.1) is 6.54 Å². The maximum absolute atomic E-state index is 5.39. The fourth-order valence-corrected chi connectivity index (χ4v) is 3.72. The van der Waals surface area contributed by atoms with Gasteiger partial charge in [-0.2, -0.15) is 0 Å². The molecule has 0 spiro atoms. The SMILES string of the molecule is CN(Cc1cc(C#CCN)cs1)CC1CCCCC1. The highest BCUT2D eigenvalue weighted by molar-refractivity contribution is 7.10. The summed E-state index contributed by atoms with van der Waals surface area (Å²) in [5.41, 5.74) is 6.50. The van der Waals surface area contributed by atoms with E-state index < -0.39 is 0 Å². The van der Waals surface area contributed by atoms with Crippen molar-refractivity contribution in [3.63, 3.8) is 0 Å². The summed E-state index contributed by atoms with van der Waals surface area (Å²) in [6.45, 7) is 2.72. The zero-order valence-corrected chi connectivity index (χ0v) is 12.6. The summed E-state index contributed by atoms with van der Waals surface area (Å²) >= 11 is 1.81. The van der Waals surface area contributed by atoms with E-state index in [-0.39, 0.29) is 0 Å². The largest absolute Gasteiger partial charge is 0.320 e. The van der Waals surface area contributed by atoms with Crippen LogP contribution in [0.25, 0.3) is 0 Å². The molecule has 1 aromatic heterocycles. The van der Waals surface area contributed by atoms with Crippen LogP contribution in [-0.4, -0.2) is 25.0 Å². The van der Waals surface area contributed by atoms with E-state index in [1.54, 1.807) is 11.3 Å². The first-order valence-corrected chi connectivity index (χ1v) is 8.11. The Morgan fingerprint density at radius 1 is 1.37 bits per heavy atom. The van der Waals surface area contributed by atoms with E-state index in [9.17, 15) is 0 Å². The summed E-state index contributed by atoms with van der Waals surface area (Å²) in [4.78, 5) is 3.86. The van der Waals surface area contributed by atoms with E-state index in [4.69, 9.17) is 5.73 Å². The third kappa shape index (κ3) is 4.99. The predicted octanol–water partition coefficient (Wildman–Crippen LogP) is 3.07. The molecule has 0 aromatic carbocycles. The van der Waals surface area contributed by atoms with Crippen LogP contribution in [0.1, 0.15) is 42.5 Å². The summed E-state index contributed by atoms with van der Waals surface area (Å²) in [5.74, 6) is 6.92. The molecular formula is C16H24N2S. The average Bonchev–Trinajstić information content (AvgIpc) is 2.85. The number of nitrogens with two attached hydrogens (primary N) is 1. The molecule has 0 atom stereocenters. The van der Waals surface area contributed by atoms with Crippen LogP contribution in [-0.2, 0) is 6.54 Å². The molecule has 0 amide bonds. The topological polar surface area (TPSA) is 29.3 Å². The van der Waals surface area contributed by atoms with Crippen molar-refractivity contribution >= 4 is 11.3 Å². The number of hydrogen-bond donors (Lipinski definition) is 1. The van der Waals surface area contributed by atoms with Gasteiger partial charge in [-0.3, -0.25) is 0 Å². The second kappa shape index (κ2) is 7.69. The lowest BCUT2D eigenvalue weighted by Crippen LogP contribution is -2.26. The van der Waals surface area contributed by atoms with Crippen LogP contribution >= 0.6 is 11.3 Å². The highest BCUT2D eigenvalue weighted by Crippen LogP contribution is 2.25. The smallest absolute Gasteiger partial charge is 0.0555 e. The minimum atomic E-state index is 0.437. The number of nitrogens with zero attached hydrogens (tertiary/aromatic N) is 1. The van der Waals surface area contributed by atoms with Crippen molar-refractivity contribution in [1.29, 1.82) is 0 Å². The Hall–Kier alpha value is -0.820. The molecule has 1 aromatic rings. The molecule has 1 aliphatic carbocycles. The van der Waals surface area contributed by atoms with Crippen molar-refractivity contribution in [3.8, 4) is 11.8 Å². The number of hydrogen-bond acceptors (Lipinski definition) is 3.